The molecule has 0 aliphatic carbocycles. The van der Waals surface area contributed by atoms with E-state index >= 15 is 0 Å². The lowest BCUT2D eigenvalue weighted by Crippen LogP contribution is -2.30. The normalized spacial score (nSPS) is 10.1. The molecule has 0 radical (unpaired) electrons. The van der Waals surface area contributed by atoms with Gasteiger partial charge in [-0.1, -0.05) is 25.1 Å². The van der Waals surface area contributed by atoms with Crippen LogP contribution < -0.4 is 10.6 Å². The third kappa shape index (κ3) is 5.30. The zero-order valence-corrected chi connectivity index (χ0v) is 12.0. The number of benzene rings is 1. The molecule has 3 N–H and O–H groups in total. The third-order valence-corrected chi connectivity index (χ3v) is 3.08. The summed E-state index contributed by atoms with van der Waals surface area (Å²) in [4.78, 5) is 22.1. The number of hydrogen-bond donors (Lipinski definition) is 3. The first kappa shape index (κ1) is 16.0. The van der Waals surface area contributed by atoms with Crippen LogP contribution in [0.5, 0.6) is 0 Å². The third-order valence-electron chi connectivity index (χ3n) is 3.08. The van der Waals surface area contributed by atoms with Crippen molar-refractivity contribution in [2.75, 3.05) is 11.9 Å². The number of para-hydroxylation sites is 1. The van der Waals surface area contributed by atoms with Gasteiger partial charge in [0.2, 0.25) is 0 Å². The molecule has 0 fully saturated rings. The van der Waals surface area contributed by atoms with E-state index in [1.807, 2.05) is 32.0 Å². The molecular weight excluding hydrogens is 256 g/mol. The highest BCUT2D eigenvalue weighted by Gasteiger charge is 2.07. The first-order valence-electron chi connectivity index (χ1n) is 6.89. The second-order valence-electron chi connectivity index (χ2n) is 4.69. The first-order valence-corrected chi connectivity index (χ1v) is 6.89. The highest BCUT2D eigenvalue weighted by Crippen LogP contribution is 2.20. The number of nitrogens with one attached hydrogen (secondary N) is 2. The van der Waals surface area contributed by atoms with Gasteiger partial charge >= 0.3 is 12.0 Å². The molecule has 2 amide bonds. The molecule has 0 aromatic heterocycles. The molecular formula is C15H22N2O3. The number of unbranched alkanes of at least 4 members (excludes halogenated alkanes) is 1. The van der Waals surface area contributed by atoms with Gasteiger partial charge in [0.15, 0.2) is 0 Å². The van der Waals surface area contributed by atoms with E-state index < -0.39 is 5.97 Å². The van der Waals surface area contributed by atoms with Crippen LogP contribution in [0.2, 0.25) is 0 Å². The van der Waals surface area contributed by atoms with E-state index in [1.165, 1.54) is 0 Å². The molecule has 0 bridgehead atoms. The van der Waals surface area contributed by atoms with Crippen molar-refractivity contribution in [3.63, 3.8) is 0 Å². The van der Waals surface area contributed by atoms with Gasteiger partial charge in [-0.3, -0.25) is 4.79 Å². The molecule has 0 atom stereocenters. The highest BCUT2D eigenvalue weighted by molar-refractivity contribution is 5.91. The molecule has 1 rings (SSSR count). The predicted octanol–water partition coefficient (Wildman–Crippen LogP) is 2.93. The van der Waals surface area contributed by atoms with Crippen LogP contribution >= 0.6 is 0 Å². The van der Waals surface area contributed by atoms with Gasteiger partial charge in [-0.2, -0.15) is 0 Å². The minimum atomic E-state index is -0.804. The van der Waals surface area contributed by atoms with Gasteiger partial charge in [0.05, 0.1) is 0 Å². The maximum Gasteiger partial charge on any atom is 0.319 e. The van der Waals surface area contributed by atoms with Crippen LogP contribution in [0.1, 0.15) is 37.3 Å². The number of anilines is 1. The Morgan fingerprint density at radius 1 is 1.25 bits per heavy atom. The SMILES string of the molecule is CCc1cccc(C)c1NC(=O)NCCCCC(=O)O. The second-order valence-corrected chi connectivity index (χ2v) is 4.69. The molecule has 0 saturated carbocycles. The van der Waals surface area contributed by atoms with Gasteiger partial charge in [0.1, 0.15) is 0 Å². The summed E-state index contributed by atoms with van der Waals surface area (Å²) in [5, 5.41) is 14.1. The van der Waals surface area contributed by atoms with E-state index in [2.05, 4.69) is 10.6 Å². The van der Waals surface area contributed by atoms with Crippen molar-refractivity contribution in [1.29, 1.82) is 0 Å². The molecule has 1 aromatic carbocycles. The Kier molecular flexibility index (Phi) is 6.56. The van der Waals surface area contributed by atoms with E-state index in [1.54, 1.807) is 0 Å². The quantitative estimate of drug-likeness (QED) is 0.671. The molecule has 5 nitrogen and oxygen atoms in total. The number of carboxylic acids is 1. The molecule has 0 aliphatic rings. The molecule has 5 heteroatoms. The van der Waals surface area contributed by atoms with E-state index in [0.717, 1.165) is 23.2 Å². The van der Waals surface area contributed by atoms with Crippen molar-refractivity contribution in [2.45, 2.75) is 39.5 Å². The Morgan fingerprint density at radius 2 is 2.00 bits per heavy atom. The Balaban J connectivity index is 2.41. The topological polar surface area (TPSA) is 78.4 Å². The van der Waals surface area contributed by atoms with E-state index in [-0.39, 0.29) is 12.5 Å². The summed E-state index contributed by atoms with van der Waals surface area (Å²) in [6.07, 6.45) is 2.23. The van der Waals surface area contributed by atoms with Crippen LogP contribution in [0.4, 0.5) is 10.5 Å². The summed E-state index contributed by atoms with van der Waals surface area (Å²) >= 11 is 0. The number of carbonyl (C=O) groups excluding carboxylic acids is 1. The molecule has 1 aromatic rings. The summed E-state index contributed by atoms with van der Waals surface area (Å²) in [5.41, 5.74) is 2.99. The standard InChI is InChI=1S/C15H22N2O3/c1-3-12-8-6-7-11(2)14(12)17-15(20)16-10-5-4-9-13(18)19/h6-8H,3-5,9-10H2,1-2H3,(H,18,19)(H2,16,17,20). The number of hydrogen-bond acceptors (Lipinski definition) is 2. The fraction of sp³-hybridized carbons (Fsp3) is 0.467. The van der Waals surface area contributed by atoms with Crippen LogP contribution in [0.15, 0.2) is 18.2 Å². The number of amides is 2. The molecule has 0 spiro atoms. The van der Waals surface area contributed by atoms with Crippen LogP contribution in [0.25, 0.3) is 0 Å². The van der Waals surface area contributed by atoms with Crippen molar-refractivity contribution in [1.82, 2.24) is 5.32 Å². The average Bonchev–Trinajstić information content (AvgIpc) is 2.40. The fourth-order valence-corrected chi connectivity index (χ4v) is 1.96. The maximum atomic E-state index is 11.8. The number of urea groups is 1. The minimum Gasteiger partial charge on any atom is -0.481 e. The lowest BCUT2D eigenvalue weighted by atomic mass is 10.1. The van der Waals surface area contributed by atoms with E-state index in [0.29, 0.717) is 19.4 Å². The van der Waals surface area contributed by atoms with E-state index in [9.17, 15) is 9.59 Å². The molecule has 0 heterocycles. The van der Waals surface area contributed by atoms with Crippen molar-refractivity contribution in [3.8, 4) is 0 Å². The zero-order chi connectivity index (χ0) is 15.0. The van der Waals surface area contributed by atoms with Crippen molar-refractivity contribution in [2.24, 2.45) is 0 Å². The largest absolute Gasteiger partial charge is 0.481 e. The van der Waals surface area contributed by atoms with Crippen molar-refractivity contribution >= 4 is 17.7 Å². The summed E-state index contributed by atoms with van der Waals surface area (Å²) in [6, 6.07) is 5.68. The minimum absolute atomic E-state index is 0.140. The second kappa shape index (κ2) is 8.19. The molecule has 20 heavy (non-hydrogen) atoms. The summed E-state index contributed by atoms with van der Waals surface area (Å²) < 4.78 is 0. The van der Waals surface area contributed by atoms with Crippen molar-refractivity contribution in [3.05, 3.63) is 29.3 Å². The van der Waals surface area contributed by atoms with Gasteiger partial charge in [0, 0.05) is 18.7 Å². The number of aliphatic carboxylic acids is 1. The maximum absolute atomic E-state index is 11.8. The van der Waals surface area contributed by atoms with Crippen LogP contribution in [-0.4, -0.2) is 23.7 Å². The monoisotopic (exact) mass is 278 g/mol. The van der Waals surface area contributed by atoms with Crippen molar-refractivity contribution < 1.29 is 14.7 Å². The first-order chi connectivity index (χ1) is 9.54. The number of aryl methyl sites for hydroxylation is 2. The number of carbonyl (C=O) groups is 2. The lowest BCUT2D eigenvalue weighted by Gasteiger charge is -2.13. The van der Waals surface area contributed by atoms with Gasteiger partial charge in [0.25, 0.3) is 0 Å². The predicted molar refractivity (Wildman–Crippen MR) is 79.1 cm³/mol. The summed E-state index contributed by atoms with van der Waals surface area (Å²) in [6.45, 7) is 4.48. The Morgan fingerprint density at radius 3 is 2.65 bits per heavy atom. The summed E-state index contributed by atoms with van der Waals surface area (Å²) in [5.74, 6) is -0.804. The lowest BCUT2D eigenvalue weighted by molar-refractivity contribution is -0.137. The summed E-state index contributed by atoms with van der Waals surface area (Å²) in [7, 11) is 0. The van der Waals surface area contributed by atoms with Crippen LogP contribution in [-0.2, 0) is 11.2 Å². The Labute approximate surface area is 119 Å². The van der Waals surface area contributed by atoms with Gasteiger partial charge in [-0.05, 0) is 37.3 Å². The van der Waals surface area contributed by atoms with Crippen LogP contribution in [0.3, 0.4) is 0 Å². The zero-order valence-electron chi connectivity index (χ0n) is 12.0. The van der Waals surface area contributed by atoms with Gasteiger partial charge in [-0.25, -0.2) is 4.79 Å². The van der Waals surface area contributed by atoms with Gasteiger partial charge < -0.3 is 15.7 Å². The number of rotatable bonds is 7. The fourth-order valence-electron chi connectivity index (χ4n) is 1.96. The molecule has 110 valence electrons. The molecule has 0 saturated heterocycles. The number of carboxylic acid groups (broad SMARTS) is 1. The van der Waals surface area contributed by atoms with E-state index in [4.69, 9.17) is 5.11 Å². The Bertz CT molecular complexity index is 472. The molecule has 0 unspecified atom stereocenters. The highest BCUT2D eigenvalue weighted by atomic mass is 16.4. The van der Waals surface area contributed by atoms with Gasteiger partial charge in [-0.15, -0.1) is 0 Å². The average molecular weight is 278 g/mol. The van der Waals surface area contributed by atoms with Crippen LogP contribution in [0, 0.1) is 6.92 Å². The smallest absolute Gasteiger partial charge is 0.319 e. The molecule has 0 aliphatic heterocycles. The Hall–Kier alpha value is -2.04.